The summed E-state index contributed by atoms with van der Waals surface area (Å²) in [5.74, 6) is 1.64. The van der Waals surface area contributed by atoms with E-state index in [0.717, 1.165) is 25.9 Å². The van der Waals surface area contributed by atoms with Gasteiger partial charge in [-0.1, -0.05) is 0 Å². The molecule has 3 aliphatic heterocycles. The first-order valence-corrected chi connectivity index (χ1v) is 9.89. The number of ether oxygens (including phenoxy) is 2. The number of rotatable bonds is 5. The van der Waals surface area contributed by atoms with E-state index in [9.17, 15) is 4.79 Å². The molecule has 5 rings (SSSR count). The van der Waals surface area contributed by atoms with Crippen molar-refractivity contribution < 1.29 is 18.8 Å². The summed E-state index contributed by atoms with van der Waals surface area (Å²) in [5.41, 5.74) is 0.629. The molecule has 4 heterocycles. The lowest BCUT2D eigenvalue weighted by Gasteiger charge is -2.25. The van der Waals surface area contributed by atoms with E-state index in [2.05, 4.69) is 20.7 Å². The van der Waals surface area contributed by atoms with E-state index in [1.807, 2.05) is 0 Å². The zero-order valence-electron chi connectivity index (χ0n) is 15.6. The molecule has 3 saturated heterocycles. The van der Waals surface area contributed by atoms with Crippen molar-refractivity contribution >= 4 is 11.8 Å². The van der Waals surface area contributed by atoms with Crippen molar-refractivity contribution in [3.05, 3.63) is 35.9 Å². The molecule has 0 spiro atoms. The summed E-state index contributed by atoms with van der Waals surface area (Å²) in [6, 6.07) is 10.1. The number of anilines is 1. The Kier molecular flexibility index (Phi) is 4.66. The van der Waals surface area contributed by atoms with Crippen LogP contribution in [0, 0.1) is 0 Å². The quantitative estimate of drug-likeness (QED) is 0.814. The number of nitrogens with one attached hydrogen (secondary N) is 2. The minimum Gasteiger partial charge on any atom is -0.436 e. The summed E-state index contributed by atoms with van der Waals surface area (Å²) < 4.78 is 16.5. The monoisotopic (exact) mass is 384 g/mol. The van der Waals surface area contributed by atoms with Gasteiger partial charge in [-0.2, -0.15) is 0 Å². The molecule has 2 N–H and O–H groups in total. The Morgan fingerprint density at radius 1 is 1.21 bits per heavy atom. The number of amides is 1. The van der Waals surface area contributed by atoms with E-state index in [4.69, 9.17) is 14.0 Å². The Morgan fingerprint density at radius 2 is 2.04 bits per heavy atom. The third kappa shape index (κ3) is 3.57. The van der Waals surface area contributed by atoms with E-state index in [0.29, 0.717) is 48.4 Å². The second-order valence-electron chi connectivity index (χ2n) is 7.59. The maximum absolute atomic E-state index is 12.5. The standard InChI is InChI=1S/C20H24N4O4/c25-20(22-17-11-14-3-6-16(17)21-14)13-1-4-15(5-2-13)27-18-12-19(28-23-18)24-7-9-26-10-8-24/h1-2,4-5,12,14,16-17,21H,3,6-11H2,(H,22,25)/t14-,16+,17-/m1/s1. The lowest BCUT2D eigenvalue weighted by atomic mass is 9.95. The summed E-state index contributed by atoms with van der Waals surface area (Å²) in [5, 5.41) is 10.7. The molecule has 1 amide bonds. The van der Waals surface area contributed by atoms with Gasteiger partial charge in [0.2, 0.25) is 5.88 Å². The normalized spacial score (nSPS) is 26.4. The zero-order valence-corrected chi connectivity index (χ0v) is 15.6. The zero-order chi connectivity index (χ0) is 18.9. The third-order valence-corrected chi connectivity index (χ3v) is 5.75. The Labute approximate surface area is 163 Å². The molecule has 2 aromatic rings. The van der Waals surface area contributed by atoms with Crippen molar-refractivity contribution in [3.8, 4) is 11.6 Å². The van der Waals surface area contributed by atoms with Gasteiger partial charge in [0.1, 0.15) is 5.75 Å². The first kappa shape index (κ1) is 17.5. The van der Waals surface area contributed by atoms with Crippen LogP contribution < -0.4 is 20.3 Å². The Hall–Kier alpha value is -2.58. The van der Waals surface area contributed by atoms with Gasteiger partial charge < -0.3 is 29.5 Å². The van der Waals surface area contributed by atoms with Crippen LogP contribution in [0.15, 0.2) is 34.9 Å². The van der Waals surface area contributed by atoms with Crippen LogP contribution >= 0.6 is 0 Å². The molecular formula is C20H24N4O4. The van der Waals surface area contributed by atoms with Gasteiger partial charge in [-0.15, -0.1) is 0 Å². The van der Waals surface area contributed by atoms with Crippen molar-refractivity contribution in [2.75, 3.05) is 31.2 Å². The number of carbonyl (C=O) groups excluding carboxylic acids is 1. The van der Waals surface area contributed by atoms with Gasteiger partial charge in [0, 0.05) is 36.8 Å². The van der Waals surface area contributed by atoms with Crippen molar-refractivity contribution in [1.82, 2.24) is 15.8 Å². The maximum atomic E-state index is 12.5. The van der Waals surface area contributed by atoms with E-state index in [-0.39, 0.29) is 11.9 Å². The molecule has 0 saturated carbocycles. The molecule has 8 heteroatoms. The number of hydrogen-bond donors (Lipinski definition) is 2. The van der Waals surface area contributed by atoms with Gasteiger partial charge in [0.25, 0.3) is 11.8 Å². The largest absolute Gasteiger partial charge is 0.436 e. The molecule has 1 aromatic carbocycles. The second kappa shape index (κ2) is 7.44. The van der Waals surface area contributed by atoms with E-state index < -0.39 is 0 Å². The predicted octanol–water partition coefficient (Wildman–Crippen LogP) is 1.93. The summed E-state index contributed by atoms with van der Waals surface area (Å²) in [4.78, 5) is 14.6. The average molecular weight is 384 g/mol. The number of hydrogen-bond acceptors (Lipinski definition) is 7. The van der Waals surface area contributed by atoms with Crippen LogP contribution in [0.3, 0.4) is 0 Å². The van der Waals surface area contributed by atoms with Gasteiger partial charge in [-0.3, -0.25) is 4.79 Å². The highest BCUT2D eigenvalue weighted by Crippen LogP contribution is 2.29. The summed E-state index contributed by atoms with van der Waals surface area (Å²) in [6.07, 6.45) is 3.39. The maximum Gasteiger partial charge on any atom is 0.261 e. The minimum absolute atomic E-state index is 0.0399. The molecule has 3 aliphatic rings. The van der Waals surface area contributed by atoms with Crippen LogP contribution in [0.25, 0.3) is 0 Å². The highest BCUT2D eigenvalue weighted by Gasteiger charge is 2.39. The van der Waals surface area contributed by atoms with Crippen LogP contribution in [0.4, 0.5) is 5.88 Å². The molecule has 0 aliphatic carbocycles. The smallest absolute Gasteiger partial charge is 0.261 e. The van der Waals surface area contributed by atoms with Gasteiger partial charge in [-0.05, 0) is 48.7 Å². The topological polar surface area (TPSA) is 88.9 Å². The van der Waals surface area contributed by atoms with Crippen molar-refractivity contribution in [1.29, 1.82) is 0 Å². The SMILES string of the molecule is O=C(N[C@@H]1C[C@H]2CC[C@@H]1N2)c1ccc(Oc2cc(N3CCOCC3)on2)cc1. The van der Waals surface area contributed by atoms with Crippen LogP contribution in [-0.4, -0.2) is 55.5 Å². The molecule has 1 aromatic heterocycles. The highest BCUT2D eigenvalue weighted by molar-refractivity contribution is 5.94. The molecule has 2 bridgehead atoms. The third-order valence-electron chi connectivity index (χ3n) is 5.75. The van der Waals surface area contributed by atoms with Gasteiger partial charge in [-0.25, -0.2) is 0 Å². The second-order valence-corrected chi connectivity index (χ2v) is 7.59. The molecule has 3 atom stereocenters. The number of carbonyl (C=O) groups is 1. The van der Waals surface area contributed by atoms with Crippen molar-refractivity contribution in [3.63, 3.8) is 0 Å². The molecule has 8 nitrogen and oxygen atoms in total. The van der Waals surface area contributed by atoms with Crippen LogP contribution in [0.2, 0.25) is 0 Å². The van der Waals surface area contributed by atoms with Crippen molar-refractivity contribution in [2.45, 2.75) is 37.4 Å². The molecule has 0 radical (unpaired) electrons. The molecule has 3 fully saturated rings. The molecule has 0 unspecified atom stereocenters. The predicted molar refractivity (Wildman–Crippen MR) is 102 cm³/mol. The summed E-state index contributed by atoms with van der Waals surface area (Å²) in [7, 11) is 0. The molecule has 28 heavy (non-hydrogen) atoms. The lowest BCUT2D eigenvalue weighted by Crippen LogP contribution is -2.42. The van der Waals surface area contributed by atoms with Gasteiger partial charge in [0.05, 0.1) is 19.3 Å². The fraction of sp³-hybridized carbons (Fsp3) is 0.500. The van der Waals surface area contributed by atoms with Gasteiger partial charge >= 0.3 is 0 Å². The number of fused-ring (bicyclic) bond motifs is 2. The van der Waals surface area contributed by atoms with Crippen LogP contribution in [0.1, 0.15) is 29.6 Å². The van der Waals surface area contributed by atoms with E-state index >= 15 is 0 Å². The first-order valence-electron chi connectivity index (χ1n) is 9.89. The fourth-order valence-electron chi connectivity index (χ4n) is 4.26. The Bertz CT molecular complexity index is 831. The number of benzene rings is 1. The average Bonchev–Trinajstić information content (AvgIpc) is 3.46. The molecule has 148 valence electrons. The van der Waals surface area contributed by atoms with E-state index in [1.165, 1.54) is 6.42 Å². The van der Waals surface area contributed by atoms with E-state index in [1.54, 1.807) is 30.3 Å². The van der Waals surface area contributed by atoms with Crippen LogP contribution in [-0.2, 0) is 4.74 Å². The number of nitrogens with zero attached hydrogens (tertiary/aromatic N) is 2. The molecular weight excluding hydrogens is 360 g/mol. The summed E-state index contributed by atoms with van der Waals surface area (Å²) in [6.45, 7) is 2.91. The Morgan fingerprint density at radius 3 is 2.75 bits per heavy atom. The van der Waals surface area contributed by atoms with Crippen molar-refractivity contribution in [2.24, 2.45) is 0 Å². The lowest BCUT2D eigenvalue weighted by molar-refractivity contribution is 0.0931. The number of aromatic nitrogens is 1. The minimum atomic E-state index is -0.0399. The summed E-state index contributed by atoms with van der Waals surface area (Å²) >= 11 is 0. The number of morpholine rings is 1. The highest BCUT2D eigenvalue weighted by atomic mass is 16.5. The Balaban J connectivity index is 1.18. The first-order chi connectivity index (χ1) is 13.7. The van der Waals surface area contributed by atoms with Gasteiger partial charge in [0.15, 0.2) is 0 Å². The fourth-order valence-corrected chi connectivity index (χ4v) is 4.26. The van der Waals surface area contributed by atoms with Crippen LogP contribution in [0.5, 0.6) is 11.6 Å².